The highest BCUT2D eigenvalue weighted by Crippen LogP contribution is 2.32. The molecule has 0 aliphatic heterocycles. The Labute approximate surface area is 239 Å². The average molecular weight is 536 g/mol. The monoisotopic (exact) mass is 535 g/mol. The maximum atomic E-state index is 10.2. The second kappa shape index (κ2) is 25.9. The van der Waals surface area contributed by atoms with Gasteiger partial charge in [-0.3, -0.25) is 0 Å². The number of phenols is 2. The third kappa shape index (κ3) is 12.6. The molecule has 3 aromatic carbocycles. The number of hydrogen-bond donors (Lipinski definition) is 2. The molecule has 39 heavy (non-hydrogen) atoms. The van der Waals surface area contributed by atoms with Crippen LogP contribution in [0.25, 0.3) is 34.2 Å². The minimum atomic E-state index is 0.0858. The standard InChI is InChI=1S/C22H17N3O2.6C2H6/c1-14-8-2-3-9-15(14)20-23-21(16-10-4-6-12-18(16)26)25-22(24-20)17-11-5-7-13-19(17)27;6*1-2/h2-13,26-27H,1H3;6*1-2H3. The summed E-state index contributed by atoms with van der Waals surface area (Å²) in [6.07, 6.45) is 0. The predicted octanol–water partition coefficient (Wildman–Crippen LogP) is 10.7. The summed E-state index contributed by atoms with van der Waals surface area (Å²) < 4.78 is 0. The van der Waals surface area contributed by atoms with E-state index in [4.69, 9.17) is 0 Å². The smallest absolute Gasteiger partial charge is 0.167 e. The van der Waals surface area contributed by atoms with Crippen molar-refractivity contribution in [1.29, 1.82) is 0 Å². The van der Waals surface area contributed by atoms with Crippen LogP contribution in [0.5, 0.6) is 11.5 Å². The van der Waals surface area contributed by atoms with Crippen LogP contribution in [0.15, 0.2) is 72.8 Å². The molecule has 2 N–H and O–H groups in total. The van der Waals surface area contributed by atoms with Crippen molar-refractivity contribution in [2.45, 2.75) is 90.0 Å². The molecule has 5 heteroatoms. The number of para-hydroxylation sites is 2. The normalized spacial score (nSPS) is 8.33. The van der Waals surface area contributed by atoms with Gasteiger partial charge in [-0.05, 0) is 36.8 Å². The number of aromatic hydroxyl groups is 2. The highest BCUT2D eigenvalue weighted by atomic mass is 16.3. The molecule has 0 aliphatic rings. The quantitative estimate of drug-likeness (QED) is 0.273. The summed E-state index contributed by atoms with van der Waals surface area (Å²) in [7, 11) is 0. The summed E-state index contributed by atoms with van der Waals surface area (Å²) in [5.41, 5.74) is 2.90. The number of phenolic OH excluding ortho intramolecular Hbond substituents is 2. The number of hydrogen-bond acceptors (Lipinski definition) is 5. The zero-order valence-corrected chi connectivity index (χ0v) is 26.7. The molecule has 0 radical (unpaired) electrons. The first-order chi connectivity index (χ1) is 19.1. The third-order valence-electron chi connectivity index (χ3n) is 4.31. The maximum Gasteiger partial charge on any atom is 0.167 e. The first-order valence-corrected chi connectivity index (χ1v) is 14.5. The van der Waals surface area contributed by atoms with Crippen LogP contribution in [0.4, 0.5) is 0 Å². The molecule has 0 fully saturated rings. The van der Waals surface area contributed by atoms with Crippen molar-refractivity contribution in [3.63, 3.8) is 0 Å². The van der Waals surface area contributed by atoms with E-state index in [1.165, 1.54) is 0 Å². The summed E-state index contributed by atoms with van der Waals surface area (Å²) in [5, 5.41) is 20.5. The fourth-order valence-electron chi connectivity index (χ4n) is 2.89. The van der Waals surface area contributed by atoms with Crippen molar-refractivity contribution in [3.8, 4) is 45.7 Å². The highest BCUT2D eigenvalue weighted by molar-refractivity contribution is 5.72. The van der Waals surface area contributed by atoms with E-state index < -0.39 is 0 Å². The van der Waals surface area contributed by atoms with E-state index in [0.717, 1.165) is 11.1 Å². The van der Waals surface area contributed by atoms with Crippen LogP contribution in [0.3, 0.4) is 0 Å². The van der Waals surface area contributed by atoms with Crippen LogP contribution < -0.4 is 0 Å². The topological polar surface area (TPSA) is 79.1 Å². The summed E-state index contributed by atoms with van der Waals surface area (Å²) in [5.74, 6) is 1.35. The Morgan fingerprint density at radius 1 is 0.385 bits per heavy atom. The van der Waals surface area contributed by atoms with Crippen LogP contribution in [0.2, 0.25) is 0 Å². The minimum absolute atomic E-state index is 0.0858. The van der Waals surface area contributed by atoms with E-state index in [1.54, 1.807) is 36.4 Å². The molecular weight excluding hydrogens is 482 g/mol. The molecule has 1 heterocycles. The SMILES string of the molecule is CC.CC.CC.CC.CC.CC.Cc1ccccc1-c1nc(-c2ccccc2O)nc(-c2ccccc2O)n1. The second-order valence-corrected chi connectivity index (χ2v) is 6.16. The summed E-state index contributed by atoms with van der Waals surface area (Å²) in [6.45, 7) is 26.0. The van der Waals surface area contributed by atoms with E-state index >= 15 is 0 Å². The van der Waals surface area contributed by atoms with Gasteiger partial charge in [-0.1, -0.05) is 132 Å². The van der Waals surface area contributed by atoms with Gasteiger partial charge in [0.05, 0.1) is 11.1 Å². The molecule has 0 saturated heterocycles. The van der Waals surface area contributed by atoms with Gasteiger partial charge < -0.3 is 10.2 Å². The minimum Gasteiger partial charge on any atom is -0.507 e. The van der Waals surface area contributed by atoms with Gasteiger partial charge in [0.15, 0.2) is 17.5 Å². The van der Waals surface area contributed by atoms with Gasteiger partial charge in [0, 0.05) is 5.56 Å². The Kier molecular flexibility index (Phi) is 26.4. The van der Waals surface area contributed by atoms with Gasteiger partial charge in [0.25, 0.3) is 0 Å². The molecule has 4 aromatic rings. The lowest BCUT2D eigenvalue weighted by atomic mass is 10.1. The lowest BCUT2D eigenvalue weighted by Gasteiger charge is -2.11. The van der Waals surface area contributed by atoms with Crippen molar-refractivity contribution in [2.24, 2.45) is 0 Å². The zero-order chi connectivity index (χ0) is 30.8. The molecule has 0 spiro atoms. The molecule has 0 unspecified atom stereocenters. The van der Waals surface area contributed by atoms with Crippen LogP contribution in [-0.4, -0.2) is 25.2 Å². The molecule has 1 aromatic heterocycles. The van der Waals surface area contributed by atoms with Crippen LogP contribution in [0.1, 0.15) is 88.6 Å². The third-order valence-corrected chi connectivity index (χ3v) is 4.31. The fourth-order valence-corrected chi connectivity index (χ4v) is 2.89. The van der Waals surface area contributed by atoms with Gasteiger partial charge in [0.1, 0.15) is 11.5 Å². The molecule has 0 atom stereocenters. The van der Waals surface area contributed by atoms with Gasteiger partial charge in [-0.2, -0.15) is 0 Å². The van der Waals surface area contributed by atoms with Gasteiger partial charge in [-0.15, -0.1) is 0 Å². The molecule has 0 amide bonds. The number of aryl methyl sites for hydroxylation is 1. The molecule has 0 aliphatic carbocycles. The number of rotatable bonds is 3. The Morgan fingerprint density at radius 2 is 0.641 bits per heavy atom. The number of nitrogens with zero attached hydrogens (tertiary/aromatic N) is 3. The van der Waals surface area contributed by atoms with E-state index in [-0.39, 0.29) is 11.5 Å². The Balaban J connectivity index is -0.000000958. The first kappa shape index (κ1) is 39.8. The molecular formula is C34H53N3O2. The van der Waals surface area contributed by atoms with Gasteiger partial charge in [0.2, 0.25) is 0 Å². The number of benzene rings is 3. The summed E-state index contributed by atoms with van der Waals surface area (Å²) in [6, 6.07) is 21.6. The van der Waals surface area contributed by atoms with Gasteiger partial charge >= 0.3 is 0 Å². The van der Waals surface area contributed by atoms with Crippen LogP contribution in [-0.2, 0) is 0 Å². The maximum absolute atomic E-state index is 10.2. The van der Waals surface area contributed by atoms with Gasteiger partial charge in [-0.25, -0.2) is 15.0 Å². The number of aromatic nitrogens is 3. The van der Waals surface area contributed by atoms with Crippen molar-refractivity contribution in [1.82, 2.24) is 15.0 Å². The summed E-state index contributed by atoms with van der Waals surface area (Å²) >= 11 is 0. The van der Waals surface area contributed by atoms with Crippen molar-refractivity contribution in [2.75, 3.05) is 0 Å². The highest BCUT2D eigenvalue weighted by Gasteiger charge is 2.16. The Bertz CT molecular complexity index is 975. The lowest BCUT2D eigenvalue weighted by Crippen LogP contribution is -2.01. The largest absolute Gasteiger partial charge is 0.507 e. The fraction of sp³-hybridized carbons (Fsp3) is 0.382. The Hall–Kier alpha value is -3.73. The predicted molar refractivity (Wildman–Crippen MR) is 172 cm³/mol. The van der Waals surface area contributed by atoms with Crippen LogP contribution >= 0.6 is 0 Å². The van der Waals surface area contributed by atoms with Crippen molar-refractivity contribution in [3.05, 3.63) is 78.4 Å². The van der Waals surface area contributed by atoms with Crippen molar-refractivity contribution < 1.29 is 10.2 Å². The van der Waals surface area contributed by atoms with Crippen molar-refractivity contribution >= 4 is 0 Å². The molecule has 5 nitrogen and oxygen atoms in total. The van der Waals surface area contributed by atoms with E-state index in [2.05, 4.69) is 15.0 Å². The second-order valence-electron chi connectivity index (χ2n) is 6.16. The molecule has 4 rings (SSSR count). The van der Waals surface area contributed by atoms with Crippen LogP contribution in [0, 0.1) is 6.92 Å². The Morgan fingerprint density at radius 3 is 0.949 bits per heavy atom. The average Bonchev–Trinajstić information content (AvgIpc) is 3.03. The molecule has 216 valence electrons. The van der Waals surface area contributed by atoms with E-state index in [9.17, 15) is 10.2 Å². The lowest BCUT2D eigenvalue weighted by molar-refractivity contribution is 0.477. The summed E-state index contributed by atoms with van der Waals surface area (Å²) in [4.78, 5) is 13.7. The molecule has 0 saturated carbocycles. The first-order valence-electron chi connectivity index (χ1n) is 14.5. The van der Waals surface area contributed by atoms with E-state index in [0.29, 0.717) is 28.6 Å². The zero-order valence-electron chi connectivity index (χ0n) is 26.7. The molecule has 0 bridgehead atoms. The van der Waals surface area contributed by atoms with E-state index in [1.807, 2.05) is 126 Å².